The Morgan fingerprint density at radius 3 is 2.57 bits per heavy atom. The molecule has 2 unspecified atom stereocenters. The number of hydrogen-bond acceptors (Lipinski definition) is 3. The van der Waals surface area contributed by atoms with Crippen LogP contribution in [0, 0.1) is 22.7 Å². The lowest BCUT2D eigenvalue weighted by molar-refractivity contribution is 0.162. The van der Waals surface area contributed by atoms with E-state index in [-0.39, 0.29) is 0 Å². The lowest BCUT2D eigenvalue weighted by Gasteiger charge is -2.41. The molecule has 0 radical (unpaired) electrons. The third-order valence-electron chi connectivity index (χ3n) is 4.55. The molecule has 0 saturated heterocycles. The summed E-state index contributed by atoms with van der Waals surface area (Å²) in [5, 5.41) is 12.7. The van der Waals surface area contributed by atoms with Crippen molar-refractivity contribution in [3.8, 4) is 11.8 Å². The molecular formula is C18H26N2O. The van der Waals surface area contributed by atoms with E-state index >= 15 is 0 Å². The Bertz CT molecular complexity index is 525. The van der Waals surface area contributed by atoms with Crippen LogP contribution in [0.15, 0.2) is 18.2 Å². The lowest BCUT2D eigenvalue weighted by atomic mass is 9.69. The molecule has 0 heterocycles. The van der Waals surface area contributed by atoms with E-state index in [2.05, 4.69) is 32.2 Å². The van der Waals surface area contributed by atoms with Crippen LogP contribution in [-0.2, 0) is 0 Å². The Morgan fingerprint density at radius 2 is 1.95 bits per heavy atom. The Hall–Kier alpha value is -1.69. The number of nitriles is 1. The summed E-state index contributed by atoms with van der Waals surface area (Å²) < 4.78 is 5.44. The Morgan fingerprint density at radius 1 is 1.24 bits per heavy atom. The molecule has 3 nitrogen and oxygen atoms in total. The van der Waals surface area contributed by atoms with E-state index in [9.17, 15) is 0 Å². The Kier molecular flexibility index (Phi) is 4.77. The second-order valence-electron chi connectivity index (χ2n) is 7.03. The van der Waals surface area contributed by atoms with E-state index in [0.29, 0.717) is 22.9 Å². The minimum absolute atomic E-state index is 0.303. The first-order valence-electron chi connectivity index (χ1n) is 7.80. The topological polar surface area (TPSA) is 45.0 Å². The van der Waals surface area contributed by atoms with Gasteiger partial charge in [-0.1, -0.05) is 33.6 Å². The number of rotatable bonds is 3. The smallest absolute Gasteiger partial charge is 0.143 e. The maximum Gasteiger partial charge on any atom is 0.143 e. The van der Waals surface area contributed by atoms with Gasteiger partial charge in [-0.3, -0.25) is 0 Å². The van der Waals surface area contributed by atoms with Gasteiger partial charge in [-0.25, -0.2) is 0 Å². The van der Waals surface area contributed by atoms with Gasteiger partial charge in [0.2, 0.25) is 0 Å². The molecule has 1 fully saturated rings. The quantitative estimate of drug-likeness (QED) is 0.884. The number of hydrogen-bond donors (Lipinski definition) is 1. The molecule has 1 N–H and O–H groups in total. The first-order chi connectivity index (χ1) is 9.95. The third kappa shape index (κ3) is 3.69. The molecule has 0 bridgehead atoms. The van der Waals surface area contributed by atoms with Crippen molar-refractivity contribution in [1.29, 1.82) is 5.26 Å². The van der Waals surface area contributed by atoms with Gasteiger partial charge >= 0.3 is 0 Å². The van der Waals surface area contributed by atoms with E-state index in [1.165, 1.54) is 25.7 Å². The van der Waals surface area contributed by atoms with E-state index < -0.39 is 0 Å². The van der Waals surface area contributed by atoms with Gasteiger partial charge in [-0.05, 0) is 36.3 Å². The number of nitrogens with zero attached hydrogens (tertiary/aromatic N) is 1. The highest BCUT2D eigenvalue weighted by atomic mass is 16.5. The molecule has 1 aromatic rings. The van der Waals surface area contributed by atoms with Crippen LogP contribution in [-0.4, -0.2) is 13.2 Å². The van der Waals surface area contributed by atoms with Gasteiger partial charge in [0.1, 0.15) is 5.75 Å². The molecule has 21 heavy (non-hydrogen) atoms. The monoisotopic (exact) mass is 286 g/mol. The van der Waals surface area contributed by atoms with Crippen molar-refractivity contribution in [2.45, 2.75) is 52.5 Å². The zero-order chi connectivity index (χ0) is 15.5. The van der Waals surface area contributed by atoms with E-state index in [4.69, 9.17) is 10.00 Å². The molecule has 0 aromatic heterocycles. The number of benzene rings is 1. The predicted octanol–water partition coefficient (Wildman–Crippen LogP) is 4.58. The molecule has 3 heteroatoms. The molecule has 0 aliphatic heterocycles. The van der Waals surface area contributed by atoms with Gasteiger partial charge in [-0.15, -0.1) is 0 Å². The van der Waals surface area contributed by atoms with Crippen LogP contribution in [0.1, 0.15) is 52.0 Å². The number of nitrogens with one attached hydrogen (secondary N) is 1. The average Bonchev–Trinajstić information content (AvgIpc) is 2.47. The summed E-state index contributed by atoms with van der Waals surface area (Å²) in [6.45, 7) is 6.98. The van der Waals surface area contributed by atoms with Crippen molar-refractivity contribution in [3.05, 3.63) is 23.8 Å². The summed E-state index contributed by atoms with van der Waals surface area (Å²) in [5.41, 5.74) is 1.93. The van der Waals surface area contributed by atoms with E-state index in [1.54, 1.807) is 13.2 Å². The standard InChI is InChI=1S/C18H26N2O/c1-18(2,3)14-7-5-6-8-15(14)20-16-10-9-13(12-19)11-17(16)21-4/h9-11,14-15,20H,5-8H2,1-4H3. The van der Waals surface area contributed by atoms with E-state index in [1.807, 2.05) is 12.1 Å². The molecule has 1 aliphatic carbocycles. The first kappa shape index (κ1) is 15.7. The number of anilines is 1. The highest BCUT2D eigenvalue weighted by Gasteiger charge is 2.34. The van der Waals surface area contributed by atoms with Crippen LogP contribution >= 0.6 is 0 Å². The largest absolute Gasteiger partial charge is 0.495 e. The summed E-state index contributed by atoms with van der Waals surface area (Å²) in [7, 11) is 1.66. The van der Waals surface area contributed by atoms with Gasteiger partial charge in [0, 0.05) is 12.1 Å². The van der Waals surface area contributed by atoms with Crippen LogP contribution in [0.3, 0.4) is 0 Å². The van der Waals surface area contributed by atoms with Gasteiger partial charge < -0.3 is 10.1 Å². The maximum absolute atomic E-state index is 8.99. The fourth-order valence-electron chi connectivity index (χ4n) is 3.42. The summed E-state index contributed by atoms with van der Waals surface area (Å²) in [4.78, 5) is 0. The zero-order valence-electron chi connectivity index (χ0n) is 13.6. The molecule has 1 saturated carbocycles. The maximum atomic E-state index is 8.99. The van der Waals surface area contributed by atoms with Gasteiger partial charge in [0.15, 0.2) is 0 Å². The predicted molar refractivity (Wildman–Crippen MR) is 86.5 cm³/mol. The Balaban J connectivity index is 2.21. The lowest BCUT2D eigenvalue weighted by Crippen LogP contribution is -2.39. The fraction of sp³-hybridized carbons (Fsp3) is 0.611. The van der Waals surface area contributed by atoms with E-state index in [0.717, 1.165) is 11.4 Å². The summed E-state index contributed by atoms with van der Waals surface area (Å²) >= 11 is 0. The second-order valence-corrected chi connectivity index (χ2v) is 7.03. The normalized spacial score (nSPS) is 22.4. The highest BCUT2D eigenvalue weighted by molar-refractivity contribution is 5.60. The summed E-state index contributed by atoms with van der Waals surface area (Å²) in [5.74, 6) is 1.42. The fourth-order valence-corrected chi connectivity index (χ4v) is 3.42. The average molecular weight is 286 g/mol. The Labute approximate surface area is 128 Å². The molecule has 0 amide bonds. The molecular weight excluding hydrogens is 260 g/mol. The van der Waals surface area contributed by atoms with Crippen LogP contribution in [0.5, 0.6) is 5.75 Å². The molecule has 0 spiro atoms. The van der Waals surface area contributed by atoms with Crippen molar-refractivity contribution in [1.82, 2.24) is 0 Å². The van der Waals surface area contributed by atoms with Crippen LogP contribution in [0.4, 0.5) is 5.69 Å². The molecule has 2 atom stereocenters. The van der Waals surface area contributed by atoms with Gasteiger partial charge in [-0.2, -0.15) is 5.26 Å². The van der Waals surface area contributed by atoms with Crippen molar-refractivity contribution >= 4 is 5.69 Å². The summed E-state index contributed by atoms with van der Waals surface area (Å²) in [6, 6.07) is 8.24. The summed E-state index contributed by atoms with van der Waals surface area (Å²) in [6.07, 6.45) is 5.08. The van der Waals surface area contributed by atoms with Crippen molar-refractivity contribution in [2.24, 2.45) is 11.3 Å². The zero-order valence-corrected chi connectivity index (χ0v) is 13.6. The van der Waals surface area contributed by atoms with Gasteiger partial charge in [0.25, 0.3) is 0 Å². The van der Waals surface area contributed by atoms with Crippen molar-refractivity contribution < 1.29 is 4.74 Å². The SMILES string of the molecule is COc1cc(C#N)ccc1NC1CCCCC1C(C)(C)C. The molecule has 2 rings (SSSR count). The van der Waals surface area contributed by atoms with Crippen molar-refractivity contribution in [3.63, 3.8) is 0 Å². The number of ether oxygens (including phenoxy) is 1. The minimum atomic E-state index is 0.303. The van der Waals surface area contributed by atoms with Crippen molar-refractivity contribution in [2.75, 3.05) is 12.4 Å². The third-order valence-corrected chi connectivity index (χ3v) is 4.55. The molecule has 1 aromatic carbocycles. The first-order valence-corrected chi connectivity index (χ1v) is 7.80. The minimum Gasteiger partial charge on any atom is -0.495 e. The highest BCUT2D eigenvalue weighted by Crippen LogP contribution is 2.40. The van der Waals surface area contributed by atoms with Gasteiger partial charge in [0.05, 0.1) is 24.4 Å². The number of methoxy groups -OCH3 is 1. The van der Waals surface area contributed by atoms with Crippen LogP contribution in [0.2, 0.25) is 0 Å². The second kappa shape index (κ2) is 6.39. The molecule has 1 aliphatic rings. The van der Waals surface area contributed by atoms with Crippen LogP contribution < -0.4 is 10.1 Å². The molecule has 114 valence electrons. The van der Waals surface area contributed by atoms with Crippen LogP contribution in [0.25, 0.3) is 0 Å².